The molecule has 5 rings (SSSR count). The van der Waals surface area contributed by atoms with Gasteiger partial charge in [0, 0.05) is 31.1 Å². The standard InChI is InChI=1S/C27H21F3N4O6/c1-34-20-11-16(6-8-26(37)14-38-15-26)4-5-21(20)39-13-19(25(34)36)33-24(35)18-12-17(7-10-31-18)40-22-3-2-9-32-23(22)27(28,29)30/h2-5,7,9-12,19,37H,13-15H2,1H3,(H,33,35)/t19-/m0/s1. The number of carbonyl (C=O) groups excluding carboxylic acids is 2. The van der Waals surface area contributed by atoms with E-state index in [9.17, 15) is 27.9 Å². The summed E-state index contributed by atoms with van der Waals surface area (Å²) in [7, 11) is 1.51. The van der Waals surface area contributed by atoms with Crippen LogP contribution in [0.1, 0.15) is 21.7 Å². The number of nitrogens with one attached hydrogen (secondary N) is 1. The maximum absolute atomic E-state index is 13.3. The summed E-state index contributed by atoms with van der Waals surface area (Å²) in [6, 6.07) is 8.65. The monoisotopic (exact) mass is 554 g/mol. The summed E-state index contributed by atoms with van der Waals surface area (Å²) in [4.78, 5) is 34.7. The number of anilines is 1. The molecule has 0 unspecified atom stereocenters. The van der Waals surface area contributed by atoms with Crippen LogP contribution in [-0.2, 0) is 15.7 Å². The third-order valence-corrected chi connectivity index (χ3v) is 6.01. The molecular formula is C27H21F3N4O6. The second kappa shape index (κ2) is 10.5. The second-order valence-corrected chi connectivity index (χ2v) is 9.02. The molecule has 0 spiro atoms. The molecule has 4 heterocycles. The van der Waals surface area contributed by atoms with Gasteiger partial charge in [0.1, 0.15) is 29.8 Å². The number of hydrogen-bond acceptors (Lipinski definition) is 8. The smallest absolute Gasteiger partial charge is 0.437 e. The maximum atomic E-state index is 13.3. The number of alkyl halides is 3. The average molecular weight is 554 g/mol. The van der Waals surface area contributed by atoms with Crippen LogP contribution in [0.5, 0.6) is 17.2 Å². The molecule has 0 saturated carbocycles. The number of pyridine rings is 2. The van der Waals surface area contributed by atoms with Crippen LogP contribution in [0.15, 0.2) is 54.9 Å². The maximum Gasteiger partial charge on any atom is 0.437 e. The van der Waals surface area contributed by atoms with Gasteiger partial charge in [0.05, 0.1) is 18.9 Å². The first-order chi connectivity index (χ1) is 19.0. The Balaban J connectivity index is 1.30. The molecule has 0 bridgehead atoms. The first kappa shape index (κ1) is 26.9. The molecule has 1 saturated heterocycles. The number of aromatic nitrogens is 2. The first-order valence-electron chi connectivity index (χ1n) is 11.9. The average Bonchev–Trinajstić information content (AvgIpc) is 3.02. The van der Waals surface area contributed by atoms with Gasteiger partial charge in [-0.3, -0.25) is 14.6 Å². The number of likely N-dealkylation sites (N-methyl/N-ethyl adjacent to an activating group) is 1. The third-order valence-electron chi connectivity index (χ3n) is 6.01. The summed E-state index contributed by atoms with van der Waals surface area (Å²) >= 11 is 0. The highest BCUT2D eigenvalue weighted by molar-refractivity contribution is 6.03. The fraction of sp³-hybridized carbons (Fsp3) is 0.259. The van der Waals surface area contributed by atoms with Crippen molar-refractivity contribution >= 4 is 17.5 Å². The Morgan fingerprint density at radius 1 is 1.20 bits per heavy atom. The minimum absolute atomic E-state index is 0.0848. The van der Waals surface area contributed by atoms with E-state index in [4.69, 9.17) is 14.2 Å². The zero-order valence-electron chi connectivity index (χ0n) is 20.9. The van der Waals surface area contributed by atoms with Gasteiger partial charge in [-0.2, -0.15) is 13.2 Å². The van der Waals surface area contributed by atoms with Crippen LogP contribution < -0.4 is 19.7 Å². The van der Waals surface area contributed by atoms with Crippen molar-refractivity contribution in [3.05, 3.63) is 71.8 Å². The SMILES string of the molecule is CN1C(=O)[C@@H](NC(=O)c2cc(Oc3cccnc3C(F)(F)F)ccn2)COc2ccc(C#CC3(O)COC3)cc21. The summed E-state index contributed by atoms with van der Waals surface area (Å²) < 4.78 is 55.9. The molecule has 13 heteroatoms. The molecule has 206 valence electrons. The lowest BCUT2D eigenvalue weighted by molar-refractivity contribution is -0.142. The normalized spacial score (nSPS) is 17.8. The van der Waals surface area contributed by atoms with Crippen molar-refractivity contribution in [3.8, 4) is 29.1 Å². The van der Waals surface area contributed by atoms with Gasteiger partial charge in [0.25, 0.3) is 11.8 Å². The zero-order chi connectivity index (χ0) is 28.5. The Bertz CT molecular complexity index is 1530. The van der Waals surface area contributed by atoms with Crippen LogP contribution in [0.2, 0.25) is 0 Å². The van der Waals surface area contributed by atoms with E-state index in [-0.39, 0.29) is 31.3 Å². The summed E-state index contributed by atoms with van der Waals surface area (Å²) in [5.74, 6) is 4.11. The Hall–Kier alpha value is -4.67. The van der Waals surface area contributed by atoms with Crippen LogP contribution in [0.25, 0.3) is 0 Å². The number of aliphatic hydroxyl groups is 1. The number of halogens is 3. The van der Waals surface area contributed by atoms with Crippen molar-refractivity contribution in [2.45, 2.75) is 17.8 Å². The molecule has 2 N–H and O–H groups in total. The lowest BCUT2D eigenvalue weighted by Crippen LogP contribution is -2.49. The molecule has 3 aromatic rings. The molecule has 2 aromatic heterocycles. The Labute approximate surface area is 225 Å². The second-order valence-electron chi connectivity index (χ2n) is 9.02. The number of carbonyl (C=O) groups is 2. The minimum Gasteiger partial charge on any atom is -0.489 e. The Morgan fingerprint density at radius 3 is 2.73 bits per heavy atom. The van der Waals surface area contributed by atoms with E-state index in [1.54, 1.807) is 18.2 Å². The van der Waals surface area contributed by atoms with Crippen LogP contribution in [0.3, 0.4) is 0 Å². The summed E-state index contributed by atoms with van der Waals surface area (Å²) in [6.07, 6.45) is -2.56. The third kappa shape index (κ3) is 5.68. The molecule has 40 heavy (non-hydrogen) atoms. The van der Waals surface area contributed by atoms with Crippen molar-refractivity contribution in [1.29, 1.82) is 0 Å². The van der Waals surface area contributed by atoms with Gasteiger partial charge >= 0.3 is 6.18 Å². The molecule has 1 fully saturated rings. The topological polar surface area (TPSA) is 123 Å². The lowest BCUT2D eigenvalue weighted by Gasteiger charge is -2.30. The first-order valence-corrected chi connectivity index (χ1v) is 11.9. The predicted molar refractivity (Wildman–Crippen MR) is 133 cm³/mol. The predicted octanol–water partition coefficient (Wildman–Crippen LogP) is 2.55. The molecule has 0 aliphatic carbocycles. The fourth-order valence-corrected chi connectivity index (χ4v) is 3.88. The van der Waals surface area contributed by atoms with E-state index in [0.29, 0.717) is 17.0 Å². The minimum atomic E-state index is -4.74. The highest BCUT2D eigenvalue weighted by Gasteiger charge is 2.37. The molecule has 0 radical (unpaired) electrons. The van der Waals surface area contributed by atoms with Crippen molar-refractivity contribution < 1.29 is 42.1 Å². The number of amides is 2. The van der Waals surface area contributed by atoms with Gasteiger partial charge in [-0.05, 0) is 36.4 Å². The molecule has 2 aliphatic rings. The number of ether oxygens (including phenoxy) is 3. The van der Waals surface area contributed by atoms with Crippen molar-refractivity contribution in [3.63, 3.8) is 0 Å². The van der Waals surface area contributed by atoms with Crippen LogP contribution in [0.4, 0.5) is 18.9 Å². The summed E-state index contributed by atoms with van der Waals surface area (Å²) in [5, 5.41) is 12.7. The largest absolute Gasteiger partial charge is 0.489 e. The number of hydrogen-bond donors (Lipinski definition) is 2. The van der Waals surface area contributed by atoms with E-state index >= 15 is 0 Å². The number of fused-ring (bicyclic) bond motifs is 1. The summed E-state index contributed by atoms with van der Waals surface area (Å²) in [5.41, 5.74) is -1.66. The van der Waals surface area contributed by atoms with Gasteiger partial charge in [0.2, 0.25) is 0 Å². The van der Waals surface area contributed by atoms with Crippen LogP contribution in [-0.4, -0.2) is 65.4 Å². The highest BCUT2D eigenvalue weighted by atomic mass is 19.4. The van der Waals surface area contributed by atoms with Crippen molar-refractivity contribution in [2.24, 2.45) is 0 Å². The van der Waals surface area contributed by atoms with Crippen molar-refractivity contribution in [1.82, 2.24) is 15.3 Å². The highest BCUT2D eigenvalue weighted by Crippen LogP contribution is 2.36. The molecule has 1 atom stereocenters. The van der Waals surface area contributed by atoms with Gasteiger partial charge in [-0.15, -0.1) is 0 Å². The van der Waals surface area contributed by atoms with Crippen LogP contribution >= 0.6 is 0 Å². The quantitative estimate of drug-likeness (QED) is 0.472. The van der Waals surface area contributed by atoms with E-state index < -0.39 is 41.1 Å². The fourth-order valence-electron chi connectivity index (χ4n) is 3.88. The van der Waals surface area contributed by atoms with Gasteiger partial charge in [0.15, 0.2) is 17.0 Å². The molecule has 1 aromatic carbocycles. The Kier molecular flexibility index (Phi) is 7.05. The number of rotatable bonds is 4. The van der Waals surface area contributed by atoms with Gasteiger partial charge < -0.3 is 29.5 Å². The van der Waals surface area contributed by atoms with E-state index in [2.05, 4.69) is 27.1 Å². The zero-order valence-corrected chi connectivity index (χ0v) is 20.9. The van der Waals surface area contributed by atoms with Crippen molar-refractivity contribution in [2.75, 3.05) is 31.8 Å². The van der Waals surface area contributed by atoms with Crippen LogP contribution in [0, 0.1) is 11.8 Å². The molecule has 10 nitrogen and oxygen atoms in total. The lowest BCUT2D eigenvalue weighted by atomic mass is 10.0. The number of benzene rings is 1. The number of nitrogens with zero attached hydrogens (tertiary/aromatic N) is 3. The van der Waals surface area contributed by atoms with Gasteiger partial charge in [-0.1, -0.05) is 11.8 Å². The van der Waals surface area contributed by atoms with E-state index in [0.717, 1.165) is 18.3 Å². The summed E-state index contributed by atoms with van der Waals surface area (Å²) in [6.45, 7) is 0.0520. The van der Waals surface area contributed by atoms with E-state index in [1.807, 2.05) is 0 Å². The van der Waals surface area contributed by atoms with Gasteiger partial charge in [-0.25, -0.2) is 4.98 Å². The Morgan fingerprint density at radius 2 is 2.00 bits per heavy atom. The molecular weight excluding hydrogens is 533 g/mol. The van der Waals surface area contributed by atoms with E-state index in [1.165, 1.54) is 30.3 Å². The molecule has 2 amide bonds. The molecule has 2 aliphatic heterocycles.